The van der Waals surface area contributed by atoms with Gasteiger partial charge in [0.1, 0.15) is 5.57 Å². The van der Waals surface area contributed by atoms with Crippen LogP contribution in [0.25, 0.3) is 0 Å². The van der Waals surface area contributed by atoms with E-state index in [0.29, 0.717) is 6.92 Å². The van der Waals surface area contributed by atoms with Gasteiger partial charge in [-0.1, -0.05) is 6.58 Å². The quantitative estimate of drug-likeness (QED) is 0.438. The molecule has 0 saturated heterocycles. The molecule has 0 saturated carbocycles. The third kappa shape index (κ3) is 6.36. The van der Waals surface area contributed by atoms with Gasteiger partial charge in [-0.25, -0.2) is 9.59 Å². The van der Waals surface area contributed by atoms with Crippen molar-refractivity contribution in [2.24, 2.45) is 0 Å². The van der Waals surface area contributed by atoms with Gasteiger partial charge in [-0.05, 0) is 6.92 Å². The fourth-order valence-electron chi connectivity index (χ4n) is 0.927. The molecule has 0 aromatic rings. The van der Waals surface area contributed by atoms with Crippen LogP contribution in [0.15, 0.2) is 12.2 Å². The smallest absolute Gasteiger partial charge is 0.434 e. The van der Waals surface area contributed by atoms with Crippen LogP contribution in [0.2, 0.25) is 0 Å². The molecular formula is C10H7F9O4. The summed E-state index contributed by atoms with van der Waals surface area (Å²) in [7, 11) is 0. The van der Waals surface area contributed by atoms with Gasteiger partial charge < -0.3 is 9.47 Å². The average Bonchev–Trinajstić information content (AvgIpc) is 2.30. The predicted octanol–water partition coefficient (Wildman–Crippen LogP) is 3.07. The summed E-state index contributed by atoms with van der Waals surface area (Å²) in [5, 5.41) is 0. The van der Waals surface area contributed by atoms with E-state index in [2.05, 4.69) is 16.1 Å². The first-order valence-electron chi connectivity index (χ1n) is 5.29. The number of rotatable bonds is 4. The zero-order valence-corrected chi connectivity index (χ0v) is 10.9. The maximum atomic E-state index is 12.1. The van der Waals surface area contributed by atoms with E-state index in [1.807, 2.05) is 0 Å². The van der Waals surface area contributed by atoms with E-state index in [1.54, 1.807) is 0 Å². The van der Waals surface area contributed by atoms with Crippen molar-refractivity contribution in [3.63, 3.8) is 0 Å². The first kappa shape index (κ1) is 21.0. The highest BCUT2D eigenvalue weighted by Gasteiger charge is 2.60. The van der Waals surface area contributed by atoms with Gasteiger partial charge in [0.05, 0.1) is 0 Å². The van der Waals surface area contributed by atoms with Crippen LogP contribution in [0.5, 0.6) is 0 Å². The van der Waals surface area contributed by atoms with Gasteiger partial charge in [0.15, 0.2) is 6.10 Å². The molecule has 0 bridgehead atoms. The second kappa shape index (κ2) is 6.66. The molecule has 0 aromatic carbocycles. The molecule has 0 N–H and O–H groups in total. The van der Waals surface area contributed by atoms with Crippen LogP contribution in [0, 0.1) is 0 Å². The molecule has 0 radical (unpaired) electrons. The lowest BCUT2D eigenvalue weighted by molar-refractivity contribution is -0.314. The highest BCUT2D eigenvalue weighted by molar-refractivity contribution is 5.91. The Kier molecular flexibility index (Phi) is 6.10. The van der Waals surface area contributed by atoms with Crippen molar-refractivity contribution in [3.8, 4) is 0 Å². The predicted molar refractivity (Wildman–Crippen MR) is 52.7 cm³/mol. The minimum atomic E-state index is -6.02. The molecule has 1 unspecified atom stereocenters. The zero-order valence-electron chi connectivity index (χ0n) is 10.9. The third-order valence-electron chi connectivity index (χ3n) is 2.03. The molecule has 0 amide bonds. The van der Waals surface area contributed by atoms with Gasteiger partial charge >= 0.3 is 30.5 Å². The molecule has 0 fully saturated rings. The second-order valence-corrected chi connectivity index (χ2v) is 3.92. The van der Waals surface area contributed by atoms with E-state index < -0.39 is 48.2 Å². The standard InChI is InChI=1S/C10H7F9O4/c1-3(8(11,12)13)5(20)22-4(2)6(21)23-7(9(14,15)16)10(17,18)19/h4,7H,1H2,2H3. The number of halogens is 9. The first-order valence-corrected chi connectivity index (χ1v) is 5.29. The topological polar surface area (TPSA) is 52.6 Å². The summed E-state index contributed by atoms with van der Waals surface area (Å²) in [6, 6.07) is 0. The molecule has 4 nitrogen and oxygen atoms in total. The fraction of sp³-hybridized carbons (Fsp3) is 0.600. The summed E-state index contributed by atoms with van der Waals surface area (Å²) < 4.78 is 116. The number of hydrogen-bond donors (Lipinski definition) is 0. The van der Waals surface area contributed by atoms with Crippen LogP contribution in [0.1, 0.15) is 6.92 Å². The fourth-order valence-corrected chi connectivity index (χ4v) is 0.927. The molecule has 0 aliphatic rings. The molecule has 0 spiro atoms. The van der Waals surface area contributed by atoms with Crippen molar-refractivity contribution in [3.05, 3.63) is 12.2 Å². The van der Waals surface area contributed by atoms with Crippen LogP contribution in [-0.2, 0) is 19.1 Å². The van der Waals surface area contributed by atoms with E-state index in [1.165, 1.54) is 0 Å². The number of carbonyl (C=O) groups is 2. The van der Waals surface area contributed by atoms with Crippen molar-refractivity contribution >= 4 is 11.9 Å². The number of ether oxygens (including phenoxy) is 2. The van der Waals surface area contributed by atoms with Crippen LogP contribution < -0.4 is 0 Å². The molecule has 1 atom stereocenters. The lowest BCUT2D eigenvalue weighted by atomic mass is 10.3. The third-order valence-corrected chi connectivity index (χ3v) is 2.03. The Morgan fingerprint density at radius 1 is 0.870 bits per heavy atom. The summed E-state index contributed by atoms with van der Waals surface area (Å²) >= 11 is 0. The van der Waals surface area contributed by atoms with Gasteiger partial charge in [0.2, 0.25) is 0 Å². The van der Waals surface area contributed by atoms with Gasteiger partial charge in [-0.15, -0.1) is 0 Å². The maximum Gasteiger partial charge on any atom is 0.434 e. The Bertz CT molecular complexity index is 460. The molecule has 23 heavy (non-hydrogen) atoms. The Morgan fingerprint density at radius 2 is 1.26 bits per heavy atom. The molecule has 0 rings (SSSR count). The van der Waals surface area contributed by atoms with Gasteiger partial charge in [-0.2, -0.15) is 39.5 Å². The maximum absolute atomic E-state index is 12.1. The first-order chi connectivity index (χ1) is 9.98. The van der Waals surface area contributed by atoms with Crippen molar-refractivity contribution < 1.29 is 58.6 Å². The lowest BCUT2D eigenvalue weighted by Gasteiger charge is -2.24. The Labute approximate surface area is 121 Å². The summed E-state index contributed by atoms with van der Waals surface area (Å²) in [5.41, 5.74) is -2.11. The molecule has 0 aliphatic carbocycles. The monoisotopic (exact) mass is 362 g/mol. The zero-order chi connectivity index (χ0) is 18.8. The average molecular weight is 362 g/mol. The Hall–Kier alpha value is -1.95. The molecule has 0 heterocycles. The number of hydrogen-bond acceptors (Lipinski definition) is 4. The van der Waals surface area contributed by atoms with Gasteiger partial charge in [0.25, 0.3) is 6.10 Å². The number of alkyl halides is 9. The van der Waals surface area contributed by atoms with Gasteiger partial charge in [0, 0.05) is 0 Å². The normalized spacial score (nSPS) is 14.4. The molecule has 0 aromatic heterocycles. The van der Waals surface area contributed by atoms with Crippen LogP contribution >= 0.6 is 0 Å². The molecular weight excluding hydrogens is 355 g/mol. The lowest BCUT2D eigenvalue weighted by Crippen LogP contribution is -2.47. The minimum Gasteiger partial charge on any atom is -0.447 e. The van der Waals surface area contributed by atoms with Crippen LogP contribution in [0.3, 0.4) is 0 Å². The number of carbonyl (C=O) groups excluding carboxylic acids is 2. The molecule has 0 aliphatic heterocycles. The highest BCUT2D eigenvalue weighted by Crippen LogP contribution is 2.36. The Morgan fingerprint density at radius 3 is 1.57 bits per heavy atom. The van der Waals surface area contributed by atoms with E-state index in [4.69, 9.17) is 0 Å². The van der Waals surface area contributed by atoms with E-state index in [0.717, 1.165) is 0 Å². The van der Waals surface area contributed by atoms with Crippen LogP contribution in [0.4, 0.5) is 39.5 Å². The largest absolute Gasteiger partial charge is 0.447 e. The highest BCUT2D eigenvalue weighted by atomic mass is 19.4. The van der Waals surface area contributed by atoms with Gasteiger partial charge in [-0.3, -0.25) is 0 Å². The summed E-state index contributed by atoms with van der Waals surface area (Å²) in [6.45, 7) is 2.69. The Balaban J connectivity index is 4.98. The molecule has 13 heteroatoms. The number of esters is 2. The van der Waals surface area contributed by atoms with E-state index >= 15 is 0 Å². The summed E-state index contributed by atoms with van der Waals surface area (Å²) in [6.07, 6.45) is -24.3. The SMILES string of the molecule is C=C(C(=O)OC(C)C(=O)OC(C(F)(F)F)C(F)(F)F)C(F)(F)F. The molecule has 134 valence electrons. The van der Waals surface area contributed by atoms with Crippen LogP contribution in [-0.4, -0.2) is 42.7 Å². The van der Waals surface area contributed by atoms with E-state index in [-0.39, 0.29) is 0 Å². The van der Waals surface area contributed by atoms with E-state index in [9.17, 15) is 49.1 Å². The second-order valence-electron chi connectivity index (χ2n) is 3.92. The van der Waals surface area contributed by atoms with Crippen molar-refractivity contribution in [2.45, 2.75) is 37.7 Å². The minimum absolute atomic E-state index is 0.424. The summed E-state index contributed by atoms with van der Waals surface area (Å²) in [4.78, 5) is 21.9. The van der Waals surface area contributed by atoms with Crippen molar-refractivity contribution in [2.75, 3.05) is 0 Å². The summed E-state index contributed by atoms with van der Waals surface area (Å²) in [5.74, 6) is -4.59. The van der Waals surface area contributed by atoms with Crippen molar-refractivity contribution in [1.82, 2.24) is 0 Å². The van der Waals surface area contributed by atoms with Crippen molar-refractivity contribution in [1.29, 1.82) is 0 Å².